The lowest BCUT2D eigenvalue weighted by Crippen LogP contribution is -2.50. The van der Waals surface area contributed by atoms with E-state index >= 15 is 0 Å². The lowest BCUT2D eigenvalue weighted by molar-refractivity contribution is -0.138. The smallest absolute Gasteiger partial charge is 0.242 e. The van der Waals surface area contributed by atoms with Gasteiger partial charge in [0.25, 0.3) is 0 Å². The van der Waals surface area contributed by atoms with Gasteiger partial charge < -0.3 is 14.4 Å². The molecule has 0 spiro atoms. The minimum Gasteiger partial charge on any atom is -0.345 e. The van der Waals surface area contributed by atoms with E-state index in [1.165, 1.54) is 0 Å². The Morgan fingerprint density at radius 1 is 1.00 bits per heavy atom. The first kappa shape index (κ1) is 11.7. The van der Waals surface area contributed by atoms with Crippen molar-refractivity contribution in [2.75, 3.05) is 26.2 Å². The molecule has 2 rings (SSSR count). The predicted molar refractivity (Wildman–Crippen MR) is 63.3 cm³/mol. The highest BCUT2D eigenvalue weighted by Gasteiger charge is 2.21. The molecule has 1 aromatic heterocycles. The second-order valence-electron chi connectivity index (χ2n) is 4.24. The second-order valence-corrected chi connectivity index (χ2v) is 4.24. The molecule has 0 N–H and O–H groups in total. The fourth-order valence-electron chi connectivity index (χ4n) is 2.00. The van der Waals surface area contributed by atoms with Gasteiger partial charge in [-0.05, 0) is 12.1 Å². The molecule has 2 heterocycles. The van der Waals surface area contributed by atoms with E-state index in [-0.39, 0.29) is 11.8 Å². The topological polar surface area (TPSA) is 45.6 Å². The first-order valence-electron chi connectivity index (χ1n) is 5.81. The van der Waals surface area contributed by atoms with Crippen molar-refractivity contribution in [3.63, 3.8) is 0 Å². The Morgan fingerprint density at radius 3 is 2.06 bits per heavy atom. The summed E-state index contributed by atoms with van der Waals surface area (Å²) in [6.45, 7) is 4.52. The molecule has 0 bridgehead atoms. The number of carbonyl (C=O) groups is 2. The summed E-state index contributed by atoms with van der Waals surface area (Å²) in [6, 6.07) is 3.81. The van der Waals surface area contributed by atoms with Gasteiger partial charge in [-0.25, -0.2) is 0 Å². The fourth-order valence-corrected chi connectivity index (χ4v) is 2.00. The highest BCUT2D eigenvalue weighted by atomic mass is 16.2. The van der Waals surface area contributed by atoms with E-state index in [1.54, 1.807) is 11.8 Å². The molecular weight excluding hydrogens is 218 g/mol. The molecular formula is C12H17N3O2. The van der Waals surface area contributed by atoms with Crippen molar-refractivity contribution < 1.29 is 9.59 Å². The largest absolute Gasteiger partial charge is 0.345 e. The molecule has 92 valence electrons. The maximum atomic E-state index is 11.9. The van der Waals surface area contributed by atoms with Crippen LogP contribution in [0.5, 0.6) is 0 Å². The van der Waals surface area contributed by atoms with Gasteiger partial charge in [0.1, 0.15) is 6.54 Å². The van der Waals surface area contributed by atoms with Crippen LogP contribution in [0.4, 0.5) is 0 Å². The van der Waals surface area contributed by atoms with Crippen LogP contribution in [0.3, 0.4) is 0 Å². The lowest BCUT2D eigenvalue weighted by atomic mass is 10.3. The third-order valence-electron chi connectivity index (χ3n) is 3.06. The van der Waals surface area contributed by atoms with Gasteiger partial charge in [0, 0.05) is 45.5 Å². The Balaban J connectivity index is 1.84. The van der Waals surface area contributed by atoms with E-state index in [4.69, 9.17) is 0 Å². The number of carbonyl (C=O) groups excluding carboxylic acids is 2. The zero-order valence-corrected chi connectivity index (χ0v) is 10.0. The molecule has 1 fully saturated rings. The molecule has 0 aliphatic carbocycles. The average Bonchev–Trinajstić information content (AvgIpc) is 2.82. The molecule has 5 nitrogen and oxygen atoms in total. The molecule has 5 heteroatoms. The van der Waals surface area contributed by atoms with Crippen molar-refractivity contribution in [2.24, 2.45) is 0 Å². The van der Waals surface area contributed by atoms with E-state index in [0.29, 0.717) is 32.7 Å². The molecule has 1 aliphatic heterocycles. The van der Waals surface area contributed by atoms with Gasteiger partial charge in [-0.1, -0.05) is 0 Å². The third kappa shape index (κ3) is 2.87. The molecule has 0 aromatic carbocycles. The van der Waals surface area contributed by atoms with Crippen molar-refractivity contribution in [1.82, 2.24) is 14.4 Å². The lowest BCUT2D eigenvalue weighted by Gasteiger charge is -2.34. The Hall–Kier alpha value is -1.78. The maximum Gasteiger partial charge on any atom is 0.242 e. The van der Waals surface area contributed by atoms with Gasteiger partial charge >= 0.3 is 0 Å². The van der Waals surface area contributed by atoms with Gasteiger partial charge in [-0.15, -0.1) is 0 Å². The zero-order chi connectivity index (χ0) is 12.3. The fraction of sp³-hybridized carbons (Fsp3) is 0.500. The summed E-state index contributed by atoms with van der Waals surface area (Å²) in [7, 11) is 0. The van der Waals surface area contributed by atoms with Gasteiger partial charge in [0.2, 0.25) is 11.8 Å². The van der Waals surface area contributed by atoms with E-state index in [0.717, 1.165) is 0 Å². The molecule has 0 radical (unpaired) electrons. The summed E-state index contributed by atoms with van der Waals surface area (Å²) in [5.41, 5.74) is 0. The highest BCUT2D eigenvalue weighted by Crippen LogP contribution is 2.04. The Morgan fingerprint density at radius 2 is 1.53 bits per heavy atom. The predicted octanol–water partition coefficient (Wildman–Crippen LogP) is 0.179. The molecule has 1 aromatic rings. The molecule has 1 aliphatic rings. The number of piperazine rings is 1. The number of amides is 2. The molecule has 1 saturated heterocycles. The first-order valence-corrected chi connectivity index (χ1v) is 5.81. The number of hydrogen-bond acceptors (Lipinski definition) is 2. The van der Waals surface area contributed by atoms with Crippen molar-refractivity contribution in [1.29, 1.82) is 0 Å². The zero-order valence-electron chi connectivity index (χ0n) is 10.0. The SMILES string of the molecule is CC(=O)N1CCN(C(=O)Cn2cccc2)CC1. The number of rotatable bonds is 2. The summed E-state index contributed by atoms with van der Waals surface area (Å²) >= 11 is 0. The van der Waals surface area contributed by atoms with Crippen molar-refractivity contribution in [3.05, 3.63) is 24.5 Å². The van der Waals surface area contributed by atoms with Crippen LogP contribution in [0, 0.1) is 0 Å². The Bertz CT molecular complexity index is 392. The Kier molecular flexibility index (Phi) is 3.46. The third-order valence-corrected chi connectivity index (χ3v) is 3.06. The van der Waals surface area contributed by atoms with Crippen LogP contribution < -0.4 is 0 Å². The van der Waals surface area contributed by atoms with Crippen LogP contribution in [0.15, 0.2) is 24.5 Å². The Labute approximate surface area is 101 Å². The summed E-state index contributed by atoms with van der Waals surface area (Å²) in [5, 5.41) is 0. The van der Waals surface area contributed by atoms with Crippen LogP contribution >= 0.6 is 0 Å². The molecule has 0 atom stereocenters. The van der Waals surface area contributed by atoms with Crippen LogP contribution in [0.2, 0.25) is 0 Å². The van der Waals surface area contributed by atoms with Gasteiger partial charge in [-0.2, -0.15) is 0 Å². The van der Waals surface area contributed by atoms with Crippen molar-refractivity contribution in [3.8, 4) is 0 Å². The molecule has 0 unspecified atom stereocenters. The van der Waals surface area contributed by atoms with Crippen molar-refractivity contribution in [2.45, 2.75) is 13.5 Å². The molecule has 2 amide bonds. The molecule has 0 saturated carbocycles. The normalized spacial score (nSPS) is 16.1. The summed E-state index contributed by atoms with van der Waals surface area (Å²) < 4.78 is 1.86. The second kappa shape index (κ2) is 5.03. The monoisotopic (exact) mass is 235 g/mol. The number of aromatic nitrogens is 1. The minimum absolute atomic E-state index is 0.0857. The summed E-state index contributed by atoms with van der Waals surface area (Å²) in [6.07, 6.45) is 3.76. The summed E-state index contributed by atoms with van der Waals surface area (Å²) in [4.78, 5) is 26.7. The number of nitrogens with zero attached hydrogens (tertiary/aromatic N) is 3. The van der Waals surface area contributed by atoms with E-state index in [2.05, 4.69) is 0 Å². The van der Waals surface area contributed by atoms with Crippen LogP contribution in [-0.4, -0.2) is 52.4 Å². The standard InChI is InChI=1S/C12H17N3O2/c1-11(16)14-6-8-15(9-7-14)12(17)10-13-4-2-3-5-13/h2-5H,6-10H2,1H3. The van der Waals surface area contributed by atoms with E-state index in [9.17, 15) is 9.59 Å². The van der Waals surface area contributed by atoms with Gasteiger partial charge in [-0.3, -0.25) is 9.59 Å². The first-order chi connectivity index (χ1) is 8.16. The van der Waals surface area contributed by atoms with E-state index < -0.39 is 0 Å². The van der Waals surface area contributed by atoms with Crippen LogP contribution in [0.1, 0.15) is 6.92 Å². The minimum atomic E-state index is 0.0857. The maximum absolute atomic E-state index is 11.9. The molecule has 17 heavy (non-hydrogen) atoms. The van der Waals surface area contributed by atoms with E-state index in [1.807, 2.05) is 34.0 Å². The quantitative estimate of drug-likeness (QED) is 0.734. The van der Waals surface area contributed by atoms with Gasteiger partial charge in [0.05, 0.1) is 0 Å². The summed E-state index contributed by atoms with van der Waals surface area (Å²) in [5.74, 6) is 0.201. The van der Waals surface area contributed by atoms with Crippen molar-refractivity contribution >= 4 is 11.8 Å². The number of hydrogen-bond donors (Lipinski definition) is 0. The average molecular weight is 235 g/mol. The van der Waals surface area contributed by atoms with Crippen LogP contribution in [0.25, 0.3) is 0 Å². The van der Waals surface area contributed by atoms with Crippen LogP contribution in [-0.2, 0) is 16.1 Å². The van der Waals surface area contributed by atoms with Gasteiger partial charge in [0.15, 0.2) is 0 Å². The highest BCUT2D eigenvalue weighted by molar-refractivity contribution is 5.77.